The quantitative estimate of drug-likeness (QED) is 0.421. The molecule has 182 valence electrons. The highest BCUT2D eigenvalue weighted by molar-refractivity contribution is 5.98. The van der Waals surface area contributed by atoms with Crippen molar-refractivity contribution in [3.63, 3.8) is 0 Å². The fourth-order valence-electron chi connectivity index (χ4n) is 5.10. The predicted molar refractivity (Wildman–Crippen MR) is 134 cm³/mol. The van der Waals surface area contributed by atoms with Gasteiger partial charge in [0.05, 0.1) is 24.9 Å². The first-order valence-electron chi connectivity index (χ1n) is 12.0. The Hall–Kier alpha value is -4.20. The lowest BCUT2D eigenvalue weighted by molar-refractivity contribution is 0.0930. The van der Waals surface area contributed by atoms with Gasteiger partial charge < -0.3 is 19.4 Å². The number of nitrogens with zero attached hydrogens (tertiary/aromatic N) is 3. The van der Waals surface area contributed by atoms with E-state index in [1.54, 1.807) is 18.3 Å². The molecule has 0 spiro atoms. The summed E-state index contributed by atoms with van der Waals surface area (Å²) >= 11 is 0. The number of carbonyl (C=O) groups excluding carboxylic acids is 1. The van der Waals surface area contributed by atoms with Crippen molar-refractivity contribution in [2.45, 2.75) is 31.9 Å². The number of methoxy groups -OCH3 is 1. The van der Waals surface area contributed by atoms with Crippen molar-refractivity contribution in [1.82, 2.24) is 19.9 Å². The van der Waals surface area contributed by atoms with E-state index in [-0.39, 0.29) is 30.2 Å². The van der Waals surface area contributed by atoms with Crippen LogP contribution in [-0.2, 0) is 6.54 Å². The molecule has 2 aliphatic rings. The van der Waals surface area contributed by atoms with Gasteiger partial charge in [0.25, 0.3) is 5.91 Å². The number of amides is 1. The standard InChI is InChI=1S/C28H25FN4O3/c1-16-5-3-6-17-14-31-28(34)25-24(17)32-27(33(25)15-18-7-4-8-22(29)26(18)35-2)20-11-12-30-23-10-9-19(36-16)13-21(20)23/h3-5,7-13,16-17H,6,14-15H2,1-2H3,(H,31,34)/b5-3-. The Balaban J connectivity index is 1.64. The first-order chi connectivity index (χ1) is 17.5. The van der Waals surface area contributed by atoms with Gasteiger partial charge in [0, 0.05) is 35.2 Å². The predicted octanol–water partition coefficient (Wildman–Crippen LogP) is 4.85. The molecule has 1 N–H and O–H groups in total. The Labute approximate surface area is 207 Å². The molecule has 2 aromatic heterocycles. The van der Waals surface area contributed by atoms with Crippen LogP contribution in [0.25, 0.3) is 22.3 Å². The molecule has 2 aromatic carbocycles. The number of fused-ring (bicyclic) bond motifs is 3. The molecular formula is C28H25FN4O3. The van der Waals surface area contributed by atoms with E-state index in [1.807, 2.05) is 41.8 Å². The van der Waals surface area contributed by atoms with E-state index in [0.29, 0.717) is 30.0 Å². The third-order valence-corrected chi connectivity index (χ3v) is 6.79. The zero-order chi connectivity index (χ0) is 24.8. The summed E-state index contributed by atoms with van der Waals surface area (Å²) < 4.78 is 27.9. The number of allylic oxidation sites excluding steroid dienone is 1. The summed E-state index contributed by atoms with van der Waals surface area (Å²) in [6.07, 6.45) is 6.42. The van der Waals surface area contributed by atoms with E-state index in [1.165, 1.54) is 13.2 Å². The smallest absolute Gasteiger partial charge is 0.269 e. The number of hydrogen-bond donors (Lipinski definition) is 1. The van der Waals surface area contributed by atoms with Gasteiger partial charge >= 0.3 is 0 Å². The molecule has 8 heteroatoms. The van der Waals surface area contributed by atoms with Crippen molar-refractivity contribution in [2.75, 3.05) is 13.7 Å². The van der Waals surface area contributed by atoms with Crippen molar-refractivity contribution in [2.24, 2.45) is 0 Å². The lowest BCUT2D eigenvalue weighted by Gasteiger charge is -2.23. The SMILES string of the molecule is COc1c(F)cccc1Cn1c2nc3c1C(=O)NCC3C/C=C\C(C)Oc1ccc3nccc-2c3c1. The van der Waals surface area contributed by atoms with Crippen LogP contribution < -0.4 is 14.8 Å². The molecule has 2 unspecified atom stereocenters. The summed E-state index contributed by atoms with van der Waals surface area (Å²) in [5, 5.41) is 3.88. The second kappa shape index (κ2) is 8.78. The molecule has 0 radical (unpaired) electrons. The van der Waals surface area contributed by atoms with Crippen LogP contribution in [0.3, 0.4) is 0 Å². The monoisotopic (exact) mass is 484 g/mol. The molecule has 0 saturated carbocycles. The summed E-state index contributed by atoms with van der Waals surface area (Å²) in [5.74, 6) is 0.846. The van der Waals surface area contributed by atoms with Crippen LogP contribution in [0.4, 0.5) is 4.39 Å². The second-order valence-corrected chi connectivity index (χ2v) is 9.12. The van der Waals surface area contributed by atoms with Crippen LogP contribution in [0.1, 0.15) is 41.0 Å². The lowest BCUT2D eigenvalue weighted by Crippen LogP contribution is -2.36. The van der Waals surface area contributed by atoms with Crippen LogP contribution in [0, 0.1) is 5.82 Å². The summed E-state index contributed by atoms with van der Waals surface area (Å²) in [6, 6.07) is 12.5. The van der Waals surface area contributed by atoms with Crippen molar-refractivity contribution < 1.29 is 18.7 Å². The molecular weight excluding hydrogens is 459 g/mol. The number of ether oxygens (including phenoxy) is 2. The Kier molecular flexibility index (Phi) is 5.44. The van der Waals surface area contributed by atoms with Gasteiger partial charge in [0.1, 0.15) is 23.4 Å². The van der Waals surface area contributed by atoms with Gasteiger partial charge in [0.15, 0.2) is 11.6 Å². The van der Waals surface area contributed by atoms with Crippen molar-refractivity contribution in [3.05, 3.63) is 83.6 Å². The van der Waals surface area contributed by atoms with E-state index >= 15 is 0 Å². The molecule has 0 aliphatic carbocycles. The third-order valence-electron chi connectivity index (χ3n) is 6.79. The zero-order valence-corrected chi connectivity index (χ0v) is 20.0. The third kappa shape index (κ3) is 3.69. The Bertz CT molecular complexity index is 1530. The van der Waals surface area contributed by atoms with Crippen LogP contribution in [0.2, 0.25) is 0 Å². The molecule has 0 saturated heterocycles. The summed E-state index contributed by atoms with van der Waals surface area (Å²) in [5.41, 5.74) is 3.45. The van der Waals surface area contributed by atoms with E-state index in [2.05, 4.69) is 16.4 Å². The van der Waals surface area contributed by atoms with Crippen LogP contribution in [0.15, 0.2) is 60.8 Å². The lowest BCUT2D eigenvalue weighted by atomic mass is 9.95. The van der Waals surface area contributed by atoms with Crippen LogP contribution >= 0.6 is 0 Å². The van der Waals surface area contributed by atoms with E-state index in [4.69, 9.17) is 14.5 Å². The number of para-hydroxylation sites is 1. The highest BCUT2D eigenvalue weighted by Gasteiger charge is 2.33. The minimum Gasteiger partial charge on any atom is -0.493 e. The van der Waals surface area contributed by atoms with Crippen molar-refractivity contribution in [1.29, 1.82) is 0 Å². The first kappa shape index (κ1) is 22.3. The minimum absolute atomic E-state index is 0.00301. The van der Waals surface area contributed by atoms with E-state index in [0.717, 1.165) is 27.9 Å². The number of hydrogen-bond acceptors (Lipinski definition) is 5. The van der Waals surface area contributed by atoms with Gasteiger partial charge in [-0.3, -0.25) is 9.78 Å². The number of aromatic nitrogens is 3. The Morgan fingerprint density at radius 2 is 2.14 bits per heavy atom. The maximum absolute atomic E-state index is 14.6. The molecule has 36 heavy (non-hydrogen) atoms. The van der Waals surface area contributed by atoms with Crippen LogP contribution in [0.5, 0.6) is 11.5 Å². The molecule has 0 fully saturated rings. The molecule has 4 heterocycles. The minimum atomic E-state index is -0.453. The number of carbonyl (C=O) groups is 1. The van der Waals surface area contributed by atoms with Crippen molar-refractivity contribution >= 4 is 16.8 Å². The summed E-state index contributed by atoms with van der Waals surface area (Å²) in [4.78, 5) is 22.8. The Morgan fingerprint density at radius 3 is 3.00 bits per heavy atom. The first-order valence-corrected chi connectivity index (χ1v) is 12.0. The number of pyridine rings is 1. The fourth-order valence-corrected chi connectivity index (χ4v) is 5.10. The summed E-state index contributed by atoms with van der Waals surface area (Å²) in [6.45, 7) is 2.70. The average molecular weight is 485 g/mol. The van der Waals surface area contributed by atoms with E-state index in [9.17, 15) is 9.18 Å². The van der Waals surface area contributed by atoms with Gasteiger partial charge in [-0.2, -0.15) is 0 Å². The van der Waals surface area contributed by atoms with Crippen molar-refractivity contribution in [3.8, 4) is 22.9 Å². The molecule has 6 rings (SSSR count). The normalized spacial score (nSPS) is 19.6. The second-order valence-electron chi connectivity index (χ2n) is 9.12. The van der Waals surface area contributed by atoms with Gasteiger partial charge in [-0.15, -0.1) is 0 Å². The highest BCUT2D eigenvalue weighted by Crippen LogP contribution is 2.37. The molecule has 7 nitrogen and oxygen atoms in total. The number of benzene rings is 2. The number of rotatable bonds is 3. The molecule has 4 aromatic rings. The van der Waals surface area contributed by atoms with Gasteiger partial charge in [0.2, 0.25) is 0 Å². The Morgan fingerprint density at radius 1 is 1.25 bits per heavy atom. The largest absolute Gasteiger partial charge is 0.493 e. The topological polar surface area (TPSA) is 78.3 Å². The van der Waals surface area contributed by atoms with Gasteiger partial charge in [-0.05, 0) is 49.8 Å². The molecule has 4 bridgehead atoms. The van der Waals surface area contributed by atoms with Gasteiger partial charge in [-0.1, -0.05) is 18.2 Å². The fraction of sp³-hybridized carbons (Fsp3) is 0.250. The number of imidazole rings is 1. The average Bonchev–Trinajstić information content (AvgIpc) is 3.25. The number of halogens is 1. The van der Waals surface area contributed by atoms with Crippen LogP contribution in [-0.4, -0.2) is 40.2 Å². The zero-order valence-electron chi connectivity index (χ0n) is 20.0. The van der Waals surface area contributed by atoms with E-state index < -0.39 is 5.82 Å². The maximum Gasteiger partial charge on any atom is 0.269 e. The summed E-state index contributed by atoms with van der Waals surface area (Å²) in [7, 11) is 1.44. The molecule has 2 aliphatic heterocycles. The maximum atomic E-state index is 14.6. The number of nitrogens with one attached hydrogen (secondary N) is 1. The van der Waals surface area contributed by atoms with Gasteiger partial charge in [-0.25, -0.2) is 9.37 Å². The molecule has 1 amide bonds. The molecule has 2 atom stereocenters. The highest BCUT2D eigenvalue weighted by atomic mass is 19.1.